The lowest BCUT2D eigenvalue weighted by atomic mass is 10.1. The molecule has 6 heteroatoms. The molecule has 12 heavy (non-hydrogen) atoms. The minimum Gasteiger partial charge on any atom is -0.479 e. The van der Waals surface area contributed by atoms with E-state index in [0.717, 1.165) is 0 Å². The van der Waals surface area contributed by atoms with Gasteiger partial charge in [-0.25, -0.2) is 4.79 Å². The molecule has 0 bridgehead atoms. The van der Waals surface area contributed by atoms with Crippen LogP contribution < -0.4 is 0 Å². The number of hydrogen-bond donors (Lipinski definition) is 4. The lowest BCUT2D eigenvalue weighted by Gasteiger charge is -2.16. The molecule has 0 heterocycles. The number of halogens is 1. The quantitative estimate of drug-likeness (QED) is 0.461. The van der Waals surface area contributed by atoms with Crippen LogP contribution in [0.5, 0.6) is 0 Å². The minimum absolute atomic E-state index is 0.139. The van der Waals surface area contributed by atoms with E-state index in [-0.39, 0.29) is 11.8 Å². The van der Waals surface area contributed by atoms with E-state index in [1.807, 2.05) is 0 Å². The van der Waals surface area contributed by atoms with Gasteiger partial charge in [0.1, 0.15) is 0 Å². The van der Waals surface area contributed by atoms with Crippen molar-refractivity contribution in [3.05, 3.63) is 0 Å². The Morgan fingerprint density at radius 3 is 2.08 bits per heavy atom. The van der Waals surface area contributed by atoms with Crippen LogP contribution in [-0.2, 0) is 4.79 Å². The average Bonchev–Trinajstić information content (AvgIpc) is 2.02. The second-order valence-corrected chi connectivity index (χ2v) is 3.03. The van der Waals surface area contributed by atoms with Gasteiger partial charge < -0.3 is 20.4 Å². The van der Waals surface area contributed by atoms with E-state index in [2.05, 4.69) is 15.9 Å². The maximum Gasteiger partial charge on any atom is 0.332 e. The Labute approximate surface area is 77.8 Å². The van der Waals surface area contributed by atoms with Gasteiger partial charge in [0.2, 0.25) is 0 Å². The average molecular weight is 243 g/mol. The predicted molar refractivity (Wildman–Crippen MR) is 44.1 cm³/mol. The van der Waals surface area contributed by atoms with Gasteiger partial charge in [-0.2, -0.15) is 0 Å². The number of hydrogen-bond acceptors (Lipinski definition) is 4. The van der Waals surface area contributed by atoms with Gasteiger partial charge in [-0.1, -0.05) is 15.9 Å². The van der Waals surface area contributed by atoms with E-state index < -0.39 is 24.3 Å². The van der Waals surface area contributed by atoms with Crippen LogP contribution in [0.3, 0.4) is 0 Å². The van der Waals surface area contributed by atoms with E-state index in [0.29, 0.717) is 0 Å². The Hall–Kier alpha value is -0.170. The van der Waals surface area contributed by atoms with E-state index >= 15 is 0 Å². The summed E-state index contributed by atoms with van der Waals surface area (Å²) >= 11 is 2.90. The number of rotatable bonds is 5. The molecular formula is C6H11BrO5. The van der Waals surface area contributed by atoms with Gasteiger partial charge >= 0.3 is 5.97 Å². The summed E-state index contributed by atoms with van der Waals surface area (Å²) in [5.41, 5.74) is 0. The molecule has 5 nitrogen and oxygen atoms in total. The van der Waals surface area contributed by atoms with Crippen LogP contribution in [0, 0.1) is 0 Å². The van der Waals surface area contributed by atoms with Gasteiger partial charge in [0.05, 0.1) is 12.2 Å². The Balaban J connectivity index is 3.83. The summed E-state index contributed by atoms with van der Waals surface area (Å²) in [6.45, 7) is 0. The number of aliphatic hydroxyl groups is 3. The second kappa shape index (κ2) is 5.47. The first-order chi connectivity index (χ1) is 5.49. The van der Waals surface area contributed by atoms with Crippen molar-refractivity contribution in [3.63, 3.8) is 0 Å². The van der Waals surface area contributed by atoms with Crippen molar-refractivity contribution in [2.24, 2.45) is 0 Å². The van der Waals surface area contributed by atoms with E-state index in [9.17, 15) is 4.79 Å². The summed E-state index contributed by atoms with van der Waals surface area (Å²) in [7, 11) is 0. The van der Waals surface area contributed by atoms with Gasteiger partial charge in [0, 0.05) is 11.8 Å². The number of aliphatic carboxylic acids is 1. The molecule has 3 atom stereocenters. The van der Waals surface area contributed by atoms with E-state index in [1.54, 1.807) is 0 Å². The maximum absolute atomic E-state index is 10.1. The first-order valence-corrected chi connectivity index (χ1v) is 4.44. The lowest BCUT2D eigenvalue weighted by molar-refractivity contribution is -0.149. The maximum atomic E-state index is 10.1. The van der Waals surface area contributed by atoms with Gasteiger partial charge in [0.25, 0.3) is 0 Å². The Morgan fingerprint density at radius 1 is 1.25 bits per heavy atom. The van der Waals surface area contributed by atoms with Gasteiger partial charge in [0.15, 0.2) is 6.10 Å². The highest BCUT2D eigenvalue weighted by atomic mass is 79.9. The third-order valence-electron chi connectivity index (χ3n) is 1.35. The van der Waals surface area contributed by atoms with Crippen LogP contribution in [0.15, 0.2) is 0 Å². The van der Waals surface area contributed by atoms with Crippen LogP contribution >= 0.6 is 15.9 Å². The molecule has 0 amide bonds. The predicted octanol–water partition coefficient (Wildman–Crippen LogP) is -1.06. The zero-order valence-electron chi connectivity index (χ0n) is 6.22. The molecule has 0 saturated heterocycles. The first kappa shape index (κ1) is 11.8. The largest absolute Gasteiger partial charge is 0.479 e. The first-order valence-electron chi connectivity index (χ1n) is 3.32. The lowest BCUT2D eigenvalue weighted by Crippen LogP contribution is -2.34. The molecule has 0 aliphatic carbocycles. The molecule has 0 aromatic carbocycles. The van der Waals surface area contributed by atoms with Crippen LogP contribution in [0.1, 0.15) is 6.42 Å². The van der Waals surface area contributed by atoms with Crippen LogP contribution in [0.4, 0.5) is 0 Å². The highest BCUT2D eigenvalue weighted by Crippen LogP contribution is 2.05. The van der Waals surface area contributed by atoms with E-state index in [1.165, 1.54) is 0 Å². The van der Waals surface area contributed by atoms with Crippen LogP contribution in [0.25, 0.3) is 0 Å². The van der Waals surface area contributed by atoms with Crippen LogP contribution in [0.2, 0.25) is 0 Å². The molecular weight excluding hydrogens is 232 g/mol. The summed E-state index contributed by atoms with van der Waals surface area (Å²) in [4.78, 5) is 10.1. The van der Waals surface area contributed by atoms with Crippen molar-refractivity contribution < 1.29 is 25.2 Å². The van der Waals surface area contributed by atoms with Crippen molar-refractivity contribution in [1.29, 1.82) is 0 Å². The fourth-order valence-corrected chi connectivity index (χ4v) is 1.02. The molecule has 0 radical (unpaired) electrons. The molecule has 0 unspecified atom stereocenters. The summed E-state index contributed by atoms with van der Waals surface area (Å²) in [6.07, 6.45) is -4.29. The minimum atomic E-state index is -1.63. The van der Waals surface area contributed by atoms with E-state index in [4.69, 9.17) is 20.4 Å². The molecule has 0 spiro atoms. The number of carbonyl (C=O) groups is 1. The smallest absolute Gasteiger partial charge is 0.332 e. The summed E-state index contributed by atoms with van der Waals surface area (Å²) in [6, 6.07) is 0. The summed E-state index contributed by atoms with van der Waals surface area (Å²) < 4.78 is 0. The third-order valence-corrected chi connectivity index (χ3v) is 2.02. The fourth-order valence-electron chi connectivity index (χ4n) is 0.589. The normalized spacial score (nSPS) is 18.3. The SMILES string of the molecule is O=C(O)[C@@H](O)C[C@H](O)[C@H](O)CBr. The molecule has 4 N–H and O–H groups in total. The van der Waals surface area contributed by atoms with Crippen molar-refractivity contribution >= 4 is 21.9 Å². The monoisotopic (exact) mass is 242 g/mol. The second-order valence-electron chi connectivity index (χ2n) is 2.38. The highest BCUT2D eigenvalue weighted by molar-refractivity contribution is 9.09. The van der Waals surface area contributed by atoms with Gasteiger partial charge in [-0.3, -0.25) is 0 Å². The Kier molecular flexibility index (Phi) is 5.39. The molecule has 0 aliphatic rings. The topological polar surface area (TPSA) is 98.0 Å². The third kappa shape index (κ3) is 4.01. The number of aliphatic hydroxyl groups excluding tert-OH is 3. The zero-order valence-corrected chi connectivity index (χ0v) is 7.81. The molecule has 0 aromatic heterocycles. The van der Waals surface area contributed by atoms with Crippen LogP contribution in [-0.4, -0.2) is 50.0 Å². The number of alkyl halides is 1. The van der Waals surface area contributed by atoms with Crippen molar-refractivity contribution in [1.82, 2.24) is 0 Å². The highest BCUT2D eigenvalue weighted by Gasteiger charge is 2.22. The van der Waals surface area contributed by atoms with Gasteiger partial charge in [-0.15, -0.1) is 0 Å². The summed E-state index contributed by atoms with van der Waals surface area (Å²) in [5, 5.41) is 35.1. The molecule has 72 valence electrons. The van der Waals surface area contributed by atoms with Crippen molar-refractivity contribution in [2.45, 2.75) is 24.7 Å². The molecule has 0 aliphatic heterocycles. The zero-order chi connectivity index (χ0) is 9.72. The molecule has 0 saturated carbocycles. The standard InChI is InChI=1S/C6H11BrO5/c7-2-5(10)3(8)1-4(9)6(11)12/h3-5,8-10H,1-2H2,(H,11,12)/t3-,4-,5+/m0/s1. The fraction of sp³-hybridized carbons (Fsp3) is 0.833. The van der Waals surface area contributed by atoms with Gasteiger partial charge in [-0.05, 0) is 0 Å². The molecule has 0 rings (SSSR count). The summed E-state index contributed by atoms with van der Waals surface area (Å²) in [5.74, 6) is -1.41. The number of carboxylic acids is 1. The molecule has 0 fully saturated rings. The number of carboxylic acid groups (broad SMARTS) is 1. The molecule has 0 aromatic rings. The Bertz CT molecular complexity index is 151. The Morgan fingerprint density at radius 2 is 1.75 bits per heavy atom. The van der Waals surface area contributed by atoms with Crippen molar-refractivity contribution in [2.75, 3.05) is 5.33 Å². The van der Waals surface area contributed by atoms with Crippen molar-refractivity contribution in [3.8, 4) is 0 Å².